The van der Waals surface area contributed by atoms with Crippen molar-refractivity contribution < 1.29 is 10.0 Å². The standard InChI is InChI=1S/C9H10BNO2S/c1-5-2-6-8(11)4-14-9(6)3-7(5)10(12)13/h2-4,12-13H,11H2,1H3. The Bertz CT molecular complexity index is 481. The summed E-state index contributed by atoms with van der Waals surface area (Å²) in [5.74, 6) is 0. The smallest absolute Gasteiger partial charge is 0.423 e. The molecule has 0 spiro atoms. The maximum Gasteiger partial charge on any atom is 0.488 e. The third-order valence-corrected chi connectivity index (χ3v) is 3.23. The van der Waals surface area contributed by atoms with Crippen molar-refractivity contribution in [3.8, 4) is 0 Å². The van der Waals surface area contributed by atoms with Crippen molar-refractivity contribution in [3.63, 3.8) is 0 Å². The number of anilines is 1. The Hall–Kier alpha value is -1.04. The van der Waals surface area contributed by atoms with E-state index in [4.69, 9.17) is 15.8 Å². The number of hydrogen-bond donors (Lipinski definition) is 3. The third kappa shape index (κ3) is 1.39. The average molecular weight is 207 g/mol. The number of nitrogen functional groups attached to an aromatic ring is 1. The summed E-state index contributed by atoms with van der Waals surface area (Å²) in [6.45, 7) is 1.84. The number of hydrogen-bond acceptors (Lipinski definition) is 4. The highest BCUT2D eigenvalue weighted by Gasteiger charge is 2.15. The van der Waals surface area contributed by atoms with Crippen LogP contribution in [0.15, 0.2) is 17.5 Å². The molecule has 72 valence electrons. The van der Waals surface area contributed by atoms with Crippen LogP contribution >= 0.6 is 11.3 Å². The zero-order chi connectivity index (χ0) is 10.3. The molecule has 0 fully saturated rings. The molecule has 2 rings (SSSR count). The number of rotatable bonds is 1. The molecule has 14 heavy (non-hydrogen) atoms. The van der Waals surface area contributed by atoms with Gasteiger partial charge in [-0.25, -0.2) is 0 Å². The van der Waals surface area contributed by atoms with Gasteiger partial charge in [0.05, 0.1) is 5.69 Å². The SMILES string of the molecule is Cc1cc2c(N)csc2cc1B(O)O. The zero-order valence-corrected chi connectivity index (χ0v) is 8.51. The molecule has 0 aliphatic carbocycles. The van der Waals surface area contributed by atoms with Gasteiger partial charge in [0.15, 0.2) is 0 Å². The summed E-state index contributed by atoms with van der Waals surface area (Å²) < 4.78 is 0.983. The molecule has 1 aromatic carbocycles. The number of benzene rings is 1. The Balaban J connectivity index is 2.72. The monoisotopic (exact) mass is 207 g/mol. The van der Waals surface area contributed by atoms with Crippen LogP contribution in [0.3, 0.4) is 0 Å². The highest BCUT2D eigenvalue weighted by Crippen LogP contribution is 2.27. The van der Waals surface area contributed by atoms with Crippen LogP contribution < -0.4 is 11.2 Å². The summed E-state index contributed by atoms with van der Waals surface area (Å²) in [6, 6.07) is 3.66. The van der Waals surface area contributed by atoms with Crippen LogP contribution in [-0.2, 0) is 0 Å². The summed E-state index contributed by atoms with van der Waals surface area (Å²) >= 11 is 1.51. The fraction of sp³-hybridized carbons (Fsp3) is 0.111. The van der Waals surface area contributed by atoms with Crippen LogP contribution in [0, 0.1) is 6.92 Å². The van der Waals surface area contributed by atoms with Crippen molar-refractivity contribution in [1.29, 1.82) is 0 Å². The minimum atomic E-state index is -1.41. The van der Waals surface area contributed by atoms with Crippen molar-refractivity contribution in [1.82, 2.24) is 0 Å². The van der Waals surface area contributed by atoms with Gasteiger partial charge in [-0.1, -0.05) is 5.56 Å². The van der Waals surface area contributed by atoms with Crippen LogP contribution in [0.25, 0.3) is 10.1 Å². The van der Waals surface area contributed by atoms with E-state index < -0.39 is 7.12 Å². The summed E-state index contributed by atoms with van der Waals surface area (Å²) in [4.78, 5) is 0. The first-order valence-corrected chi connectivity index (χ1v) is 5.11. The molecule has 0 atom stereocenters. The number of nitrogens with two attached hydrogens (primary N) is 1. The lowest BCUT2D eigenvalue weighted by Gasteiger charge is -2.04. The van der Waals surface area contributed by atoms with Gasteiger partial charge >= 0.3 is 7.12 Å². The maximum atomic E-state index is 9.10. The van der Waals surface area contributed by atoms with Gasteiger partial charge in [-0.15, -0.1) is 11.3 Å². The fourth-order valence-corrected chi connectivity index (χ4v) is 2.38. The molecule has 0 bridgehead atoms. The molecule has 3 nitrogen and oxygen atoms in total. The molecule has 0 saturated heterocycles. The predicted octanol–water partition coefficient (Wildman–Crippen LogP) is 0.472. The minimum Gasteiger partial charge on any atom is -0.423 e. The van der Waals surface area contributed by atoms with Crippen LogP contribution in [0.1, 0.15) is 5.56 Å². The normalized spacial score (nSPS) is 10.8. The molecule has 0 amide bonds. The van der Waals surface area contributed by atoms with E-state index in [0.29, 0.717) is 5.46 Å². The first kappa shape index (κ1) is 9.52. The van der Waals surface area contributed by atoms with E-state index in [1.807, 2.05) is 18.4 Å². The Morgan fingerprint density at radius 3 is 2.71 bits per heavy atom. The first-order valence-electron chi connectivity index (χ1n) is 4.23. The molecule has 4 N–H and O–H groups in total. The lowest BCUT2D eigenvalue weighted by Crippen LogP contribution is -2.31. The van der Waals surface area contributed by atoms with Crippen LogP contribution in [-0.4, -0.2) is 17.2 Å². The molecule has 0 unspecified atom stereocenters. The highest BCUT2D eigenvalue weighted by atomic mass is 32.1. The van der Waals surface area contributed by atoms with Crippen molar-refractivity contribution in [2.75, 3.05) is 5.73 Å². The fourth-order valence-electron chi connectivity index (χ4n) is 1.50. The second kappa shape index (κ2) is 3.27. The molecular weight excluding hydrogens is 197 g/mol. The van der Waals surface area contributed by atoms with E-state index >= 15 is 0 Å². The molecule has 2 aromatic rings. The van der Waals surface area contributed by atoms with E-state index in [1.54, 1.807) is 6.07 Å². The van der Waals surface area contributed by atoms with Crippen LogP contribution in [0.4, 0.5) is 5.69 Å². The molecule has 1 aromatic heterocycles. The largest absolute Gasteiger partial charge is 0.488 e. The van der Waals surface area contributed by atoms with Gasteiger partial charge in [0, 0.05) is 15.5 Å². The molecule has 1 heterocycles. The highest BCUT2D eigenvalue weighted by molar-refractivity contribution is 7.17. The molecule has 5 heteroatoms. The van der Waals surface area contributed by atoms with Crippen molar-refractivity contribution in [2.24, 2.45) is 0 Å². The quantitative estimate of drug-likeness (QED) is 0.595. The Morgan fingerprint density at radius 2 is 2.07 bits per heavy atom. The molecule has 0 saturated carbocycles. The van der Waals surface area contributed by atoms with Crippen molar-refractivity contribution in [3.05, 3.63) is 23.1 Å². The Morgan fingerprint density at radius 1 is 1.36 bits per heavy atom. The lowest BCUT2D eigenvalue weighted by atomic mass is 9.77. The summed E-state index contributed by atoms with van der Waals surface area (Å²) in [5, 5.41) is 21.0. The lowest BCUT2D eigenvalue weighted by molar-refractivity contribution is 0.425. The van der Waals surface area contributed by atoms with Gasteiger partial charge in [-0.2, -0.15) is 0 Å². The van der Waals surface area contributed by atoms with Gasteiger partial charge in [-0.05, 0) is 24.5 Å². The number of fused-ring (bicyclic) bond motifs is 1. The molecule has 0 aliphatic heterocycles. The van der Waals surface area contributed by atoms with Gasteiger partial charge in [0.25, 0.3) is 0 Å². The summed E-state index contributed by atoms with van der Waals surface area (Å²) in [6.07, 6.45) is 0. The van der Waals surface area contributed by atoms with Crippen molar-refractivity contribution in [2.45, 2.75) is 6.92 Å². The molecular formula is C9H10BNO2S. The summed E-state index contributed by atoms with van der Waals surface area (Å²) in [5.41, 5.74) is 7.89. The first-order chi connectivity index (χ1) is 6.59. The van der Waals surface area contributed by atoms with Gasteiger partial charge < -0.3 is 15.8 Å². The number of thiophene rings is 1. The third-order valence-electron chi connectivity index (χ3n) is 2.27. The van der Waals surface area contributed by atoms with Gasteiger partial charge in [0.2, 0.25) is 0 Å². The van der Waals surface area contributed by atoms with Gasteiger partial charge in [-0.3, -0.25) is 0 Å². The van der Waals surface area contributed by atoms with Crippen molar-refractivity contribution >= 4 is 39.7 Å². The zero-order valence-electron chi connectivity index (χ0n) is 7.69. The predicted molar refractivity (Wildman–Crippen MR) is 60.8 cm³/mol. The Kier molecular flexibility index (Phi) is 2.22. The summed E-state index contributed by atoms with van der Waals surface area (Å²) in [7, 11) is -1.41. The number of aryl methyl sites for hydroxylation is 1. The van der Waals surface area contributed by atoms with Crippen LogP contribution in [0.2, 0.25) is 0 Å². The van der Waals surface area contributed by atoms with E-state index in [0.717, 1.165) is 21.3 Å². The van der Waals surface area contributed by atoms with E-state index in [9.17, 15) is 0 Å². The minimum absolute atomic E-state index is 0.541. The maximum absolute atomic E-state index is 9.10. The van der Waals surface area contributed by atoms with E-state index in [2.05, 4.69) is 0 Å². The van der Waals surface area contributed by atoms with E-state index in [1.165, 1.54) is 11.3 Å². The second-order valence-corrected chi connectivity index (χ2v) is 4.18. The second-order valence-electron chi connectivity index (χ2n) is 3.27. The average Bonchev–Trinajstić information content (AvgIpc) is 2.46. The van der Waals surface area contributed by atoms with Gasteiger partial charge in [0.1, 0.15) is 0 Å². The van der Waals surface area contributed by atoms with Crippen LogP contribution in [0.5, 0.6) is 0 Å². The Labute approximate surface area is 85.9 Å². The topological polar surface area (TPSA) is 66.5 Å². The van der Waals surface area contributed by atoms with E-state index in [-0.39, 0.29) is 0 Å². The molecule has 0 aliphatic rings. The molecule has 0 radical (unpaired) electrons.